The second-order valence-electron chi connectivity index (χ2n) is 3.62. The van der Waals surface area contributed by atoms with Crippen LogP contribution in [0.2, 0.25) is 0 Å². The third-order valence-corrected chi connectivity index (χ3v) is 3.31. The number of rotatable bonds is 4. The van der Waals surface area contributed by atoms with Crippen molar-refractivity contribution < 1.29 is 4.74 Å². The van der Waals surface area contributed by atoms with Crippen molar-refractivity contribution in [3.05, 3.63) is 30.1 Å². The third kappa shape index (κ3) is 2.47. The highest BCUT2D eigenvalue weighted by molar-refractivity contribution is 7.11. The van der Waals surface area contributed by atoms with E-state index in [1.807, 2.05) is 30.3 Å². The van der Waals surface area contributed by atoms with Crippen molar-refractivity contribution in [1.82, 2.24) is 9.36 Å². The lowest BCUT2D eigenvalue weighted by Gasteiger charge is -2.17. The predicted molar refractivity (Wildman–Crippen MR) is 69.4 cm³/mol. The summed E-state index contributed by atoms with van der Waals surface area (Å²) in [7, 11) is 3.57. The molecule has 0 aliphatic rings. The number of hydrogen-bond acceptors (Lipinski definition) is 6. The maximum Gasteiger partial charge on any atom is 0.197 e. The number of anilines is 2. The lowest BCUT2D eigenvalue weighted by atomic mass is 10.3. The lowest BCUT2D eigenvalue weighted by molar-refractivity contribution is 0.418. The molecule has 2 heterocycles. The van der Waals surface area contributed by atoms with Crippen molar-refractivity contribution in [2.45, 2.75) is 6.54 Å². The molecule has 0 amide bonds. The Kier molecular flexibility index (Phi) is 3.43. The molecule has 0 aliphatic heterocycles. The van der Waals surface area contributed by atoms with Crippen LogP contribution in [0.15, 0.2) is 24.5 Å². The minimum atomic E-state index is 0.436. The highest BCUT2D eigenvalue weighted by Gasteiger charge is 2.15. The van der Waals surface area contributed by atoms with Crippen LogP contribution in [0.5, 0.6) is 5.75 Å². The Morgan fingerprint density at radius 1 is 1.53 bits per heavy atom. The molecule has 0 spiro atoms. The van der Waals surface area contributed by atoms with Crippen molar-refractivity contribution in [3.8, 4) is 5.75 Å². The van der Waals surface area contributed by atoms with Crippen LogP contribution in [0.4, 0.5) is 10.8 Å². The second kappa shape index (κ2) is 5.01. The van der Waals surface area contributed by atoms with Crippen molar-refractivity contribution >= 4 is 22.4 Å². The first kappa shape index (κ1) is 11.7. The summed E-state index contributed by atoms with van der Waals surface area (Å²) < 4.78 is 9.33. The van der Waals surface area contributed by atoms with Crippen LogP contribution in [-0.2, 0) is 6.54 Å². The minimum Gasteiger partial charge on any atom is -0.490 e. The van der Waals surface area contributed by atoms with Crippen molar-refractivity contribution in [2.75, 3.05) is 24.8 Å². The molecule has 17 heavy (non-hydrogen) atoms. The Labute approximate surface area is 104 Å². The first-order valence-electron chi connectivity index (χ1n) is 5.11. The number of nitrogens with two attached hydrogens (primary N) is 1. The van der Waals surface area contributed by atoms with Crippen LogP contribution in [0, 0.1) is 0 Å². The quantitative estimate of drug-likeness (QED) is 0.895. The topological polar surface area (TPSA) is 64.3 Å². The summed E-state index contributed by atoms with van der Waals surface area (Å²) in [6.07, 6.45) is 3.60. The smallest absolute Gasteiger partial charge is 0.197 e. The molecule has 0 atom stereocenters. The largest absolute Gasteiger partial charge is 0.490 e. The molecule has 0 bridgehead atoms. The van der Waals surface area contributed by atoms with Gasteiger partial charge in [-0.15, -0.1) is 0 Å². The normalized spacial score (nSPS) is 10.2. The van der Waals surface area contributed by atoms with Crippen LogP contribution in [0.1, 0.15) is 5.56 Å². The molecular formula is C11H14N4OS. The molecule has 0 radical (unpaired) electrons. The summed E-state index contributed by atoms with van der Waals surface area (Å²) >= 11 is 1.33. The Morgan fingerprint density at radius 2 is 2.35 bits per heavy atom. The summed E-state index contributed by atoms with van der Waals surface area (Å²) in [6.45, 7) is 0.742. The average Bonchev–Trinajstić information content (AvgIpc) is 2.71. The van der Waals surface area contributed by atoms with Gasteiger partial charge in [-0.05, 0) is 23.2 Å². The van der Waals surface area contributed by atoms with Gasteiger partial charge in [0, 0.05) is 26.0 Å². The zero-order chi connectivity index (χ0) is 12.3. The van der Waals surface area contributed by atoms with E-state index in [0.29, 0.717) is 11.6 Å². The fourth-order valence-corrected chi connectivity index (χ4v) is 2.30. The summed E-state index contributed by atoms with van der Waals surface area (Å²) in [5.74, 6) is 1.08. The molecular weight excluding hydrogens is 236 g/mol. The van der Waals surface area contributed by atoms with Crippen LogP contribution in [0.3, 0.4) is 0 Å². The molecule has 2 rings (SSSR count). The standard InChI is InChI=1S/C11H14N4OS/c1-15(7-8-4-3-5-13-6-8)11-9(16-2)10(12)14-17-11/h3-6H,7H2,1-2H3,(H2,12,14). The molecule has 2 aromatic rings. The maximum atomic E-state index is 5.72. The minimum absolute atomic E-state index is 0.436. The highest BCUT2D eigenvalue weighted by Crippen LogP contribution is 2.37. The van der Waals surface area contributed by atoms with E-state index >= 15 is 0 Å². The molecule has 0 aromatic carbocycles. The molecule has 0 unspecified atom stereocenters. The molecule has 0 saturated carbocycles. The van der Waals surface area contributed by atoms with Crippen molar-refractivity contribution in [1.29, 1.82) is 0 Å². The lowest BCUT2D eigenvalue weighted by Crippen LogP contribution is -2.15. The first-order chi connectivity index (χ1) is 8.22. The molecule has 0 saturated heterocycles. The Hall–Kier alpha value is -1.82. The zero-order valence-electron chi connectivity index (χ0n) is 9.75. The van der Waals surface area contributed by atoms with Gasteiger partial charge in [0.15, 0.2) is 16.6 Å². The predicted octanol–water partition coefficient (Wildman–Crippen LogP) is 1.77. The molecule has 2 aromatic heterocycles. The number of pyridine rings is 1. The molecule has 0 aliphatic carbocycles. The van der Waals surface area contributed by atoms with Crippen molar-refractivity contribution in [3.63, 3.8) is 0 Å². The van der Waals surface area contributed by atoms with Gasteiger partial charge in [-0.3, -0.25) is 4.98 Å². The van der Waals surface area contributed by atoms with Gasteiger partial charge in [0.1, 0.15) is 0 Å². The van der Waals surface area contributed by atoms with E-state index in [-0.39, 0.29) is 0 Å². The van der Waals surface area contributed by atoms with E-state index < -0.39 is 0 Å². The fraction of sp³-hybridized carbons (Fsp3) is 0.273. The van der Waals surface area contributed by atoms with E-state index in [1.54, 1.807) is 13.3 Å². The van der Waals surface area contributed by atoms with Crippen molar-refractivity contribution in [2.24, 2.45) is 0 Å². The van der Waals surface area contributed by atoms with Crippen LogP contribution < -0.4 is 15.4 Å². The van der Waals surface area contributed by atoms with Gasteiger partial charge in [-0.25, -0.2) is 0 Å². The van der Waals surface area contributed by atoms with E-state index in [2.05, 4.69) is 9.36 Å². The Balaban J connectivity index is 2.17. The van der Waals surface area contributed by atoms with Crippen LogP contribution in [0.25, 0.3) is 0 Å². The van der Waals surface area contributed by atoms with Gasteiger partial charge < -0.3 is 15.4 Å². The van der Waals surface area contributed by atoms with Crippen LogP contribution >= 0.6 is 11.5 Å². The number of nitrogens with zero attached hydrogens (tertiary/aromatic N) is 3. The number of aromatic nitrogens is 2. The number of nitrogen functional groups attached to an aromatic ring is 1. The zero-order valence-corrected chi connectivity index (χ0v) is 10.6. The van der Waals surface area contributed by atoms with Gasteiger partial charge >= 0.3 is 0 Å². The first-order valence-corrected chi connectivity index (χ1v) is 5.89. The number of ether oxygens (including phenoxy) is 1. The molecule has 90 valence electrons. The highest BCUT2D eigenvalue weighted by atomic mass is 32.1. The van der Waals surface area contributed by atoms with Gasteiger partial charge in [0.2, 0.25) is 0 Å². The maximum absolute atomic E-state index is 5.72. The third-order valence-electron chi connectivity index (χ3n) is 2.35. The van der Waals surface area contributed by atoms with Gasteiger partial charge in [-0.1, -0.05) is 6.07 Å². The van der Waals surface area contributed by atoms with Gasteiger partial charge in [0.25, 0.3) is 0 Å². The SMILES string of the molecule is COc1c(N)nsc1N(C)Cc1cccnc1. The summed E-state index contributed by atoms with van der Waals surface area (Å²) in [4.78, 5) is 6.13. The van der Waals surface area contributed by atoms with E-state index in [4.69, 9.17) is 10.5 Å². The Bertz CT molecular complexity index is 485. The summed E-state index contributed by atoms with van der Waals surface area (Å²) in [6, 6.07) is 3.95. The summed E-state index contributed by atoms with van der Waals surface area (Å²) in [5, 5.41) is 0.925. The molecule has 0 fully saturated rings. The molecule has 5 nitrogen and oxygen atoms in total. The monoisotopic (exact) mass is 250 g/mol. The number of methoxy groups -OCH3 is 1. The molecule has 2 N–H and O–H groups in total. The van der Waals surface area contributed by atoms with E-state index in [1.165, 1.54) is 11.5 Å². The average molecular weight is 250 g/mol. The Morgan fingerprint density at radius 3 is 3.00 bits per heavy atom. The number of hydrogen-bond donors (Lipinski definition) is 1. The second-order valence-corrected chi connectivity index (χ2v) is 4.38. The molecule has 6 heteroatoms. The summed E-state index contributed by atoms with van der Waals surface area (Å²) in [5.41, 5.74) is 6.85. The van der Waals surface area contributed by atoms with E-state index in [0.717, 1.165) is 17.1 Å². The van der Waals surface area contributed by atoms with E-state index in [9.17, 15) is 0 Å². The van der Waals surface area contributed by atoms with Crippen LogP contribution in [-0.4, -0.2) is 23.5 Å². The van der Waals surface area contributed by atoms with Gasteiger partial charge in [-0.2, -0.15) is 4.37 Å². The fourth-order valence-electron chi connectivity index (χ4n) is 1.56. The van der Waals surface area contributed by atoms with Gasteiger partial charge in [0.05, 0.1) is 7.11 Å².